The highest BCUT2D eigenvalue weighted by atomic mass is 35.5. The summed E-state index contributed by atoms with van der Waals surface area (Å²) in [7, 11) is 1.98. The first-order valence-electron chi connectivity index (χ1n) is 9.70. The SMILES string of the molecule is CN1C[C@H](C(=O)c2ccccc2)[C@@H](C(=O)c2ccccc2)[C@H]1c1ccc(Cl)cc1. The van der Waals surface area contributed by atoms with Gasteiger partial charge in [0.15, 0.2) is 11.6 Å². The Morgan fingerprint density at radius 2 is 1.31 bits per heavy atom. The van der Waals surface area contributed by atoms with Crippen LogP contribution in [0.4, 0.5) is 0 Å². The summed E-state index contributed by atoms with van der Waals surface area (Å²) in [6.07, 6.45) is 0. The number of ketones is 2. The molecular weight excluding hydrogens is 382 g/mol. The summed E-state index contributed by atoms with van der Waals surface area (Å²) < 4.78 is 0. The lowest BCUT2D eigenvalue weighted by Gasteiger charge is -2.26. The van der Waals surface area contributed by atoms with Crippen molar-refractivity contribution in [3.63, 3.8) is 0 Å². The second-order valence-electron chi connectivity index (χ2n) is 7.53. The first-order valence-corrected chi connectivity index (χ1v) is 10.1. The molecule has 3 nitrogen and oxygen atoms in total. The molecule has 1 aliphatic rings. The molecule has 0 saturated carbocycles. The lowest BCUT2D eigenvalue weighted by atomic mass is 9.78. The summed E-state index contributed by atoms with van der Waals surface area (Å²) in [5.41, 5.74) is 2.28. The third-order valence-corrected chi connectivity index (χ3v) is 5.95. The van der Waals surface area contributed by atoms with Gasteiger partial charge >= 0.3 is 0 Å². The molecule has 1 heterocycles. The van der Waals surface area contributed by atoms with Gasteiger partial charge in [-0.1, -0.05) is 84.4 Å². The summed E-state index contributed by atoms with van der Waals surface area (Å²) in [5.74, 6) is -0.848. The van der Waals surface area contributed by atoms with Gasteiger partial charge in [0.2, 0.25) is 0 Å². The van der Waals surface area contributed by atoms with Crippen molar-refractivity contribution < 1.29 is 9.59 Å². The van der Waals surface area contributed by atoms with Crippen molar-refractivity contribution in [3.8, 4) is 0 Å². The Morgan fingerprint density at radius 1 is 0.793 bits per heavy atom. The molecule has 4 heteroatoms. The quantitative estimate of drug-likeness (QED) is 0.541. The maximum absolute atomic E-state index is 13.6. The van der Waals surface area contributed by atoms with E-state index in [9.17, 15) is 9.59 Å². The summed E-state index contributed by atoms with van der Waals surface area (Å²) in [6.45, 7) is 0.532. The van der Waals surface area contributed by atoms with Gasteiger partial charge in [0.05, 0.1) is 5.92 Å². The Balaban J connectivity index is 1.77. The van der Waals surface area contributed by atoms with Crippen LogP contribution in [0, 0.1) is 11.8 Å². The predicted molar refractivity (Wildman–Crippen MR) is 115 cm³/mol. The number of halogens is 1. The number of rotatable bonds is 5. The molecule has 0 unspecified atom stereocenters. The Kier molecular flexibility index (Phi) is 5.61. The van der Waals surface area contributed by atoms with Gasteiger partial charge in [0, 0.05) is 34.7 Å². The van der Waals surface area contributed by atoms with Gasteiger partial charge < -0.3 is 0 Å². The summed E-state index contributed by atoms with van der Waals surface area (Å²) >= 11 is 6.07. The maximum atomic E-state index is 13.6. The number of Topliss-reactive ketones (excluding diaryl/α,β-unsaturated/α-hetero) is 2. The van der Waals surface area contributed by atoms with Gasteiger partial charge in [-0.15, -0.1) is 0 Å². The lowest BCUT2D eigenvalue weighted by molar-refractivity contribution is 0.0785. The molecule has 29 heavy (non-hydrogen) atoms. The summed E-state index contributed by atoms with van der Waals surface area (Å²) in [4.78, 5) is 29.1. The molecule has 4 rings (SSSR count). The van der Waals surface area contributed by atoms with E-state index >= 15 is 0 Å². The molecule has 3 aromatic rings. The number of nitrogens with zero attached hydrogens (tertiary/aromatic N) is 1. The zero-order valence-corrected chi connectivity index (χ0v) is 16.9. The van der Waals surface area contributed by atoms with Crippen LogP contribution in [0.2, 0.25) is 5.02 Å². The summed E-state index contributed by atoms with van der Waals surface area (Å²) in [5, 5.41) is 0.650. The predicted octanol–water partition coefficient (Wildman–Crippen LogP) is 5.32. The van der Waals surface area contributed by atoms with Crippen molar-refractivity contribution in [1.29, 1.82) is 0 Å². The number of carbonyl (C=O) groups excluding carboxylic acids is 2. The molecule has 3 atom stereocenters. The van der Waals surface area contributed by atoms with Crippen molar-refractivity contribution in [2.45, 2.75) is 6.04 Å². The van der Waals surface area contributed by atoms with Gasteiger partial charge in [-0.3, -0.25) is 14.5 Å². The van der Waals surface area contributed by atoms with Crippen LogP contribution in [-0.4, -0.2) is 30.1 Å². The zero-order chi connectivity index (χ0) is 20.4. The minimum Gasteiger partial charge on any atom is -0.298 e. The fourth-order valence-electron chi connectivity index (χ4n) is 4.34. The molecule has 146 valence electrons. The van der Waals surface area contributed by atoms with E-state index in [2.05, 4.69) is 4.90 Å². The Bertz CT molecular complexity index is 1000. The molecule has 0 bridgehead atoms. The highest BCUT2D eigenvalue weighted by Crippen LogP contribution is 2.43. The second-order valence-corrected chi connectivity index (χ2v) is 7.97. The molecule has 1 aliphatic heterocycles. The van der Waals surface area contributed by atoms with Crippen molar-refractivity contribution in [3.05, 3.63) is 107 Å². The average Bonchev–Trinajstić information content (AvgIpc) is 3.11. The van der Waals surface area contributed by atoms with Crippen molar-refractivity contribution >= 4 is 23.2 Å². The molecule has 0 amide bonds. The monoisotopic (exact) mass is 403 g/mol. The molecule has 0 radical (unpaired) electrons. The minimum absolute atomic E-state index is 0.00387. The number of carbonyl (C=O) groups is 2. The Hall–Kier alpha value is -2.75. The van der Waals surface area contributed by atoms with Gasteiger partial charge in [-0.05, 0) is 24.7 Å². The van der Waals surface area contributed by atoms with E-state index in [4.69, 9.17) is 11.6 Å². The van der Waals surface area contributed by atoms with Crippen LogP contribution in [0.1, 0.15) is 32.3 Å². The smallest absolute Gasteiger partial charge is 0.168 e. The fourth-order valence-corrected chi connectivity index (χ4v) is 4.46. The largest absolute Gasteiger partial charge is 0.298 e. The number of hydrogen-bond acceptors (Lipinski definition) is 3. The second kappa shape index (κ2) is 8.32. The Labute approximate surface area is 175 Å². The van der Waals surface area contributed by atoms with E-state index in [-0.39, 0.29) is 17.6 Å². The van der Waals surface area contributed by atoms with Gasteiger partial charge in [0.25, 0.3) is 0 Å². The van der Waals surface area contributed by atoms with Crippen LogP contribution in [0.5, 0.6) is 0 Å². The van der Waals surface area contributed by atoms with Crippen molar-refractivity contribution in [2.24, 2.45) is 11.8 Å². The molecule has 3 aromatic carbocycles. The Morgan fingerprint density at radius 3 is 1.86 bits per heavy atom. The van der Waals surface area contributed by atoms with Gasteiger partial charge in [0.1, 0.15) is 0 Å². The topological polar surface area (TPSA) is 37.4 Å². The van der Waals surface area contributed by atoms with Crippen LogP contribution in [0.3, 0.4) is 0 Å². The highest BCUT2D eigenvalue weighted by Gasteiger charge is 2.48. The van der Waals surface area contributed by atoms with E-state index < -0.39 is 11.8 Å². The van der Waals surface area contributed by atoms with E-state index in [0.29, 0.717) is 22.7 Å². The fraction of sp³-hybridized carbons (Fsp3) is 0.200. The molecule has 0 spiro atoms. The average molecular weight is 404 g/mol. The van der Waals surface area contributed by atoms with Gasteiger partial charge in [-0.25, -0.2) is 0 Å². The minimum atomic E-state index is -0.462. The molecule has 0 aliphatic carbocycles. The first-order chi connectivity index (χ1) is 14.1. The third kappa shape index (κ3) is 3.89. The summed E-state index contributed by atoms with van der Waals surface area (Å²) in [6, 6.07) is 25.9. The van der Waals surface area contributed by atoms with Crippen LogP contribution < -0.4 is 0 Å². The molecule has 1 fully saturated rings. The number of likely N-dealkylation sites (tertiary alicyclic amines) is 1. The van der Waals surface area contributed by atoms with Crippen LogP contribution in [0.25, 0.3) is 0 Å². The number of hydrogen-bond donors (Lipinski definition) is 0. The third-order valence-electron chi connectivity index (χ3n) is 5.70. The molecular formula is C25H22ClNO2. The normalized spacial score (nSPS) is 21.8. The molecule has 0 N–H and O–H groups in total. The van der Waals surface area contributed by atoms with Crippen LogP contribution >= 0.6 is 11.6 Å². The lowest BCUT2D eigenvalue weighted by Crippen LogP contribution is -2.30. The maximum Gasteiger partial charge on any atom is 0.168 e. The van der Waals surface area contributed by atoms with E-state index in [0.717, 1.165) is 5.56 Å². The van der Waals surface area contributed by atoms with E-state index in [1.807, 2.05) is 92.0 Å². The molecule has 0 aromatic heterocycles. The zero-order valence-electron chi connectivity index (χ0n) is 16.2. The van der Waals surface area contributed by atoms with Gasteiger partial charge in [-0.2, -0.15) is 0 Å². The van der Waals surface area contributed by atoms with Crippen LogP contribution in [-0.2, 0) is 0 Å². The van der Waals surface area contributed by atoms with Crippen molar-refractivity contribution in [1.82, 2.24) is 4.90 Å². The van der Waals surface area contributed by atoms with E-state index in [1.165, 1.54) is 0 Å². The first kappa shape index (κ1) is 19.6. The highest BCUT2D eigenvalue weighted by molar-refractivity contribution is 6.30. The molecule has 1 saturated heterocycles. The number of benzene rings is 3. The standard InChI is InChI=1S/C25H22ClNO2/c1-27-16-21(24(28)18-8-4-2-5-9-18)22(25(29)19-10-6-3-7-11-19)23(27)17-12-14-20(26)15-13-17/h2-15,21-23H,16H2,1H3/t21-,22+,23+/m0/s1. The van der Waals surface area contributed by atoms with Crippen molar-refractivity contribution in [2.75, 3.05) is 13.6 Å². The van der Waals surface area contributed by atoms with E-state index in [1.54, 1.807) is 0 Å². The van der Waals surface area contributed by atoms with Crippen LogP contribution in [0.15, 0.2) is 84.9 Å².